The fourth-order valence-corrected chi connectivity index (χ4v) is 2.29. The summed E-state index contributed by atoms with van der Waals surface area (Å²) in [6.45, 7) is 0.636. The number of hydrogen-bond donors (Lipinski definition) is 2. The summed E-state index contributed by atoms with van der Waals surface area (Å²) in [5, 5.41) is 22.3. The van der Waals surface area contributed by atoms with E-state index in [1.807, 2.05) is 36.5 Å². The minimum Gasteiger partial charge on any atom is -0.423 e. The molecule has 4 nitrogen and oxygen atoms in total. The Morgan fingerprint density at radius 2 is 1.82 bits per heavy atom. The van der Waals surface area contributed by atoms with Gasteiger partial charge >= 0.3 is 7.12 Å². The largest absolute Gasteiger partial charge is 0.491 e. The summed E-state index contributed by atoms with van der Waals surface area (Å²) in [6.07, 6.45) is 3.49. The van der Waals surface area contributed by atoms with Gasteiger partial charge in [0.1, 0.15) is 5.82 Å². The SMILES string of the molecule is OB(O)c1ccc(-c2cnn(Cc3ccccc3)c2)cc1F. The van der Waals surface area contributed by atoms with E-state index in [0.717, 1.165) is 11.1 Å². The first-order chi connectivity index (χ1) is 10.6. The molecular weight excluding hydrogens is 282 g/mol. The second kappa shape index (κ2) is 6.13. The van der Waals surface area contributed by atoms with Gasteiger partial charge < -0.3 is 10.0 Å². The molecule has 0 saturated heterocycles. The molecule has 2 aromatic carbocycles. The lowest BCUT2D eigenvalue weighted by molar-refractivity contribution is 0.423. The third-order valence-corrected chi connectivity index (χ3v) is 3.43. The van der Waals surface area contributed by atoms with Gasteiger partial charge in [-0.1, -0.05) is 42.5 Å². The quantitative estimate of drug-likeness (QED) is 0.716. The third kappa shape index (κ3) is 3.08. The fourth-order valence-electron chi connectivity index (χ4n) is 2.29. The Bertz CT molecular complexity index is 775. The smallest absolute Gasteiger partial charge is 0.423 e. The molecule has 22 heavy (non-hydrogen) atoms. The summed E-state index contributed by atoms with van der Waals surface area (Å²) in [6, 6.07) is 14.2. The van der Waals surface area contributed by atoms with Crippen LogP contribution in [0.1, 0.15) is 5.56 Å². The Labute approximate surface area is 127 Å². The van der Waals surface area contributed by atoms with Crippen LogP contribution in [0, 0.1) is 5.82 Å². The summed E-state index contributed by atoms with van der Waals surface area (Å²) >= 11 is 0. The molecule has 0 amide bonds. The maximum absolute atomic E-state index is 13.8. The molecule has 2 N–H and O–H groups in total. The van der Waals surface area contributed by atoms with Crippen LogP contribution in [0.4, 0.5) is 4.39 Å². The molecule has 0 fully saturated rings. The Balaban J connectivity index is 1.83. The molecule has 0 radical (unpaired) electrons. The van der Waals surface area contributed by atoms with E-state index < -0.39 is 12.9 Å². The Kier molecular flexibility index (Phi) is 4.04. The van der Waals surface area contributed by atoms with Crippen LogP contribution in [0.15, 0.2) is 60.9 Å². The van der Waals surface area contributed by atoms with E-state index in [1.165, 1.54) is 12.1 Å². The van der Waals surface area contributed by atoms with E-state index in [1.54, 1.807) is 16.9 Å². The molecule has 0 aliphatic rings. The average molecular weight is 296 g/mol. The van der Waals surface area contributed by atoms with Crippen molar-refractivity contribution < 1.29 is 14.4 Å². The average Bonchev–Trinajstić information content (AvgIpc) is 2.96. The van der Waals surface area contributed by atoms with Gasteiger partial charge in [0.2, 0.25) is 0 Å². The van der Waals surface area contributed by atoms with Gasteiger partial charge in [-0.2, -0.15) is 5.10 Å². The molecule has 0 aliphatic carbocycles. The van der Waals surface area contributed by atoms with E-state index in [2.05, 4.69) is 5.10 Å². The highest BCUT2D eigenvalue weighted by atomic mass is 19.1. The minimum atomic E-state index is -1.81. The van der Waals surface area contributed by atoms with Crippen LogP contribution in [0.2, 0.25) is 0 Å². The zero-order valence-electron chi connectivity index (χ0n) is 11.7. The number of aromatic nitrogens is 2. The number of benzene rings is 2. The lowest BCUT2D eigenvalue weighted by Crippen LogP contribution is -2.32. The molecule has 1 heterocycles. The maximum Gasteiger partial charge on any atom is 0.491 e. The lowest BCUT2D eigenvalue weighted by atomic mass is 9.79. The number of hydrogen-bond acceptors (Lipinski definition) is 3. The summed E-state index contributed by atoms with van der Waals surface area (Å²) < 4.78 is 15.6. The van der Waals surface area contributed by atoms with Crippen LogP contribution in [-0.4, -0.2) is 26.9 Å². The molecule has 0 saturated carbocycles. The molecular formula is C16H14BFN2O2. The molecule has 1 aromatic heterocycles. The van der Waals surface area contributed by atoms with Crippen LogP contribution in [0.5, 0.6) is 0 Å². The van der Waals surface area contributed by atoms with Crippen molar-refractivity contribution in [3.8, 4) is 11.1 Å². The van der Waals surface area contributed by atoms with E-state index in [-0.39, 0.29) is 5.46 Å². The van der Waals surface area contributed by atoms with Crippen LogP contribution in [0.25, 0.3) is 11.1 Å². The van der Waals surface area contributed by atoms with E-state index in [4.69, 9.17) is 10.0 Å². The third-order valence-electron chi connectivity index (χ3n) is 3.43. The van der Waals surface area contributed by atoms with Gasteiger partial charge in [0.15, 0.2) is 0 Å². The monoisotopic (exact) mass is 296 g/mol. The lowest BCUT2D eigenvalue weighted by Gasteiger charge is -2.04. The molecule has 0 spiro atoms. The molecule has 0 atom stereocenters. The predicted octanol–water partition coefficient (Wildman–Crippen LogP) is 1.42. The van der Waals surface area contributed by atoms with Crippen molar-refractivity contribution in [3.05, 3.63) is 72.3 Å². The van der Waals surface area contributed by atoms with Gasteiger partial charge in [0, 0.05) is 17.2 Å². The first kappa shape index (κ1) is 14.5. The second-order valence-electron chi connectivity index (χ2n) is 5.02. The second-order valence-corrected chi connectivity index (χ2v) is 5.02. The van der Waals surface area contributed by atoms with Crippen LogP contribution < -0.4 is 5.46 Å². The highest BCUT2D eigenvalue weighted by molar-refractivity contribution is 6.58. The van der Waals surface area contributed by atoms with Crippen molar-refractivity contribution in [3.63, 3.8) is 0 Å². The zero-order chi connectivity index (χ0) is 15.5. The molecule has 6 heteroatoms. The van der Waals surface area contributed by atoms with Crippen LogP contribution >= 0.6 is 0 Å². The van der Waals surface area contributed by atoms with Gasteiger partial charge in [0.05, 0.1) is 12.7 Å². The zero-order valence-corrected chi connectivity index (χ0v) is 11.7. The Hall–Kier alpha value is -2.44. The highest BCUT2D eigenvalue weighted by Crippen LogP contribution is 2.19. The normalized spacial score (nSPS) is 10.7. The van der Waals surface area contributed by atoms with Crippen molar-refractivity contribution in [2.45, 2.75) is 6.54 Å². The molecule has 0 bridgehead atoms. The van der Waals surface area contributed by atoms with Gasteiger partial charge in [-0.25, -0.2) is 4.39 Å². The molecule has 3 aromatic rings. The van der Waals surface area contributed by atoms with Crippen molar-refractivity contribution in [1.82, 2.24) is 9.78 Å². The van der Waals surface area contributed by atoms with Crippen molar-refractivity contribution in [2.24, 2.45) is 0 Å². The molecule has 0 unspecified atom stereocenters. The van der Waals surface area contributed by atoms with Gasteiger partial charge in [-0.3, -0.25) is 4.68 Å². The van der Waals surface area contributed by atoms with Gasteiger partial charge in [-0.15, -0.1) is 0 Å². The maximum atomic E-state index is 13.8. The topological polar surface area (TPSA) is 58.3 Å². The van der Waals surface area contributed by atoms with Crippen molar-refractivity contribution in [1.29, 1.82) is 0 Å². The molecule has 0 aliphatic heterocycles. The van der Waals surface area contributed by atoms with E-state index in [9.17, 15) is 4.39 Å². The summed E-state index contributed by atoms with van der Waals surface area (Å²) in [5.41, 5.74) is 2.40. The van der Waals surface area contributed by atoms with Gasteiger partial charge in [-0.05, 0) is 17.2 Å². The first-order valence-corrected chi connectivity index (χ1v) is 6.86. The Morgan fingerprint density at radius 3 is 2.50 bits per heavy atom. The van der Waals surface area contributed by atoms with Crippen LogP contribution in [0.3, 0.4) is 0 Å². The summed E-state index contributed by atoms with van der Waals surface area (Å²) in [5.74, 6) is -0.650. The van der Waals surface area contributed by atoms with Crippen molar-refractivity contribution >= 4 is 12.6 Å². The summed E-state index contributed by atoms with van der Waals surface area (Å²) in [4.78, 5) is 0. The number of rotatable bonds is 4. The minimum absolute atomic E-state index is 0.138. The molecule has 3 rings (SSSR count). The van der Waals surface area contributed by atoms with Crippen molar-refractivity contribution in [2.75, 3.05) is 0 Å². The number of halogens is 1. The molecule has 110 valence electrons. The predicted molar refractivity (Wildman–Crippen MR) is 83.0 cm³/mol. The summed E-state index contributed by atoms with van der Waals surface area (Å²) in [7, 11) is -1.81. The van der Waals surface area contributed by atoms with E-state index >= 15 is 0 Å². The van der Waals surface area contributed by atoms with Crippen LogP contribution in [-0.2, 0) is 6.54 Å². The number of nitrogens with zero attached hydrogens (tertiary/aromatic N) is 2. The fraction of sp³-hybridized carbons (Fsp3) is 0.0625. The van der Waals surface area contributed by atoms with E-state index in [0.29, 0.717) is 12.1 Å². The highest BCUT2D eigenvalue weighted by Gasteiger charge is 2.17. The van der Waals surface area contributed by atoms with Gasteiger partial charge in [0.25, 0.3) is 0 Å². The standard InChI is InChI=1S/C16H14BFN2O2/c18-16-8-13(6-7-15(16)17(21)22)14-9-19-20(11-14)10-12-4-2-1-3-5-12/h1-9,11,21-22H,10H2. The Morgan fingerprint density at radius 1 is 1.05 bits per heavy atom. The first-order valence-electron chi connectivity index (χ1n) is 6.86.